The molecule has 0 aromatic heterocycles. The van der Waals surface area contributed by atoms with E-state index in [0.717, 1.165) is 5.92 Å². The molecule has 1 aliphatic carbocycles. The van der Waals surface area contributed by atoms with E-state index < -0.39 is 0 Å². The molecule has 1 saturated carbocycles. The SMILES string of the molecule is CCC1CCCCC(C)(B2OC(C)(C)C(C)(C)O2)CCC1. The zero-order valence-electron chi connectivity index (χ0n) is 15.1. The summed E-state index contributed by atoms with van der Waals surface area (Å²) in [6.07, 6.45) is 10.6. The lowest BCUT2D eigenvalue weighted by Gasteiger charge is -2.32. The second kappa shape index (κ2) is 6.24. The highest BCUT2D eigenvalue weighted by molar-refractivity contribution is 6.49. The fourth-order valence-electron chi connectivity index (χ4n) is 3.80. The molecule has 0 radical (unpaired) electrons. The molecule has 21 heavy (non-hydrogen) atoms. The molecule has 2 unspecified atom stereocenters. The number of rotatable bonds is 2. The highest BCUT2D eigenvalue weighted by atomic mass is 16.7. The first-order valence-electron chi connectivity index (χ1n) is 9.06. The van der Waals surface area contributed by atoms with Crippen molar-refractivity contribution in [2.45, 2.75) is 109 Å². The quantitative estimate of drug-likeness (QED) is 0.616. The van der Waals surface area contributed by atoms with Crippen molar-refractivity contribution in [3.05, 3.63) is 0 Å². The van der Waals surface area contributed by atoms with E-state index in [1.54, 1.807) is 0 Å². The van der Waals surface area contributed by atoms with E-state index in [0.29, 0.717) is 0 Å². The summed E-state index contributed by atoms with van der Waals surface area (Å²) >= 11 is 0. The Morgan fingerprint density at radius 1 is 0.857 bits per heavy atom. The van der Waals surface area contributed by atoms with Crippen LogP contribution in [0.4, 0.5) is 0 Å². The lowest BCUT2D eigenvalue weighted by molar-refractivity contribution is 0.00578. The Kier molecular flexibility index (Phi) is 5.15. The van der Waals surface area contributed by atoms with Gasteiger partial charge in [0.15, 0.2) is 0 Å². The number of hydrogen-bond donors (Lipinski definition) is 0. The maximum absolute atomic E-state index is 6.37. The topological polar surface area (TPSA) is 18.5 Å². The lowest BCUT2D eigenvalue weighted by Crippen LogP contribution is -2.41. The minimum absolute atomic E-state index is 0.0410. The zero-order valence-corrected chi connectivity index (χ0v) is 15.1. The molecule has 0 bridgehead atoms. The van der Waals surface area contributed by atoms with Gasteiger partial charge in [0.25, 0.3) is 0 Å². The summed E-state index contributed by atoms with van der Waals surface area (Å²) in [4.78, 5) is 0. The number of hydrogen-bond acceptors (Lipinski definition) is 2. The summed E-state index contributed by atoms with van der Waals surface area (Å²) in [5, 5.41) is 0.174. The molecule has 2 fully saturated rings. The molecule has 0 spiro atoms. The van der Waals surface area contributed by atoms with Crippen molar-refractivity contribution in [3.8, 4) is 0 Å². The van der Waals surface area contributed by atoms with Gasteiger partial charge in [0.05, 0.1) is 11.2 Å². The maximum atomic E-state index is 6.37. The Morgan fingerprint density at radius 3 is 1.95 bits per heavy atom. The largest absolute Gasteiger partial charge is 0.464 e. The van der Waals surface area contributed by atoms with Crippen molar-refractivity contribution in [1.29, 1.82) is 0 Å². The minimum Gasteiger partial charge on any atom is -0.403 e. The van der Waals surface area contributed by atoms with Gasteiger partial charge >= 0.3 is 7.12 Å². The highest BCUT2D eigenvalue weighted by Crippen LogP contribution is 2.50. The van der Waals surface area contributed by atoms with E-state index in [1.807, 2.05) is 0 Å². The van der Waals surface area contributed by atoms with Crippen LogP contribution in [0.5, 0.6) is 0 Å². The summed E-state index contributed by atoms with van der Waals surface area (Å²) in [6.45, 7) is 13.4. The fourth-order valence-corrected chi connectivity index (χ4v) is 3.80. The van der Waals surface area contributed by atoms with E-state index in [-0.39, 0.29) is 23.6 Å². The van der Waals surface area contributed by atoms with E-state index in [2.05, 4.69) is 41.5 Å². The lowest BCUT2D eigenvalue weighted by atomic mass is 9.54. The van der Waals surface area contributed by atoms with Crippen LogP contribution in [-0.2, 0) is 9.31 Å². The first kappa shape index (κ1) is 17.3. The second-order valence-corrected chi connectivity index (χ2v) is 8.65. The molecule has 1 heterocycles. The first-order valence-corrected chi connectivity index (χ1v) is 9.06. The van der Waals surface area contributed by atoms with Crippen molar-refractivity contribution in [2.75, 3.05) is 0 Å². The highest BCUT2D eigenvalue weighted by Gasteiger charge is 2.57. The van der Waals surface area contributed by atoms with Gasteiger partial charge in [0.1, 0.15) is 0 Å². The molecule has 122 valence electrons. The molecule has 2 atom stereocenters. The summed E-state index contributed by atoms with van der Waals surface area (Å²) in [6, 6.07) is 0. The van der Waals surface area contributed by atoms with E-state index in [4.69, 9.17) is 9.31 Å². The summed E-state index contributed by atoms with van der Waals surface area (Å²) in [7, 11) is -0.0410. The van der Waals surface area contributed by atoms with E-state index in [1.165, 1.54) is 51.4 Å². The predicted octanol–water partition coefficient (Wildman–Crippen LogP) is 5.61. The van der Waals surface area contributed by atoms with Crippen LogP contribution >= 0.6 is 0 Å². The van der Waals surface area contributed by atoms with Crippen LogP contribution in [0, 0.1) is 5.92 Å². The molecular formula is C18H35BO2. The van der Waals surface area contributed by atoms with Crippen molar-refractivity contribution in [3.63, 3.8) is 0 Å². The molecule has 0 aromatic carbocycles. The molecule has 0 N–H and O–H groups in total. The van der Waals surface area contributed by atoms with Gasteiger partial charge in [-0.1, -0.05) is 52.4 Å². The monoisotopic (exact) mass is 294 g/mol. The summed E-state index contributed by atoms with van der Waals surface area (Å²) < 4.78 is 12.7. The third kappa shape index (κ3) is 3.67. The smallest absolute Gasteiger partial charge is 0.403 e. The first-order chi connectivity index (χ1) is 9.70. The van der Waals surface area contributed by atoms with Crippen molar-refractivity contribution >= 4 is 7.12 Å². The predicted molar refractivity (Wildman–Crippen MR) is 90.5 cm³/mol. The molecule has 0 aromatic rings. The van der Waals surface area contributed by atoms with Gasteiger partial charge in [-0.2, -0.15) is 0 Å². The van der Waals surface area contributed by atoms with Crippen LogP contribution in [0.25, 0.3) is 0 Å². The van der Waals surface area contributed by atoms with Gasteiger partial charge in [-0.15, -0.1) is 0 Å². The Morgan fingerprint density at radius 2 is 1.38 bits per heavy atom. The zero-order chi connectivity index (χ0) is 15.7. The molecule has 1 aliphatic heterocycles. The Bertz CT molecular complexity index is 337. The van der Waals surface area contributed by atoms with Crippen LogP contribution in [0.1, 0.15) is 92.9 Å². The van der Waals surface area contributed by atoms with Crippen LogP contribution < -0.4 is 0 Å². The molecule has 3 heteroatoms. The molecule has 2 aliphatic rings. The maximum Gasteiger partial charge on any atom is 0.464 e. The van der Waals surface area contributed by atoms with Crippen molar-refractivity contribution in [2.24, 2.45) is 5.92 Å². The minimum atomic E-state index is -0.203. The Balaban J connectivity index is 2.07. The van der Waals surface area contributed by atoms with Crippen LogP contribution in [0.2, 0.25) is 5.31 Å². The van der Waals surface area contributed by atoms with Crippen molar-refractivity contribution < 1.29 is 9.31 Å². The second-order valence-electron chi connectivity index (χ2n) is 8.65. The fraction of sp³-hybridized carbons (Fsp3) is 1.00. The standard InChI is InChI=1S/C18H35BO2/c1-7-15-11-8-9-13-18(6,14-10-12-15)19-20-16(2,3)17(4,5)21-19/h15H,7-14H2,1-6H3. The van der Waals surface area contributed by atoms with Gasteiger partial charge in [0, 0.05) is 5.31 Å². The average molecular weight is 294 g/mol. The molecule has 0 amide bonds. The van der Waals surface area contributed by atoms with Crippen LogP contribution in [0.3, 0.4) is 0 Å². The third-order valence-electron chi connectivity index (χ3n) is 6.37. The Labute approximate surface area is 132 Å². The normalized spacial score (nSPS) is 36.9. The molecule has 2 nitrogen and oxygen atoms in total. The van der Waals surface area contributed by atoms with Gasteiger partial charge in [-0.25, -0.2) is 0 Å². The van der Waals surface area contributed by atoms with Gasteiger partial charge in [-0.05, 0) is 46.5 Å². The van der Waals surface area contributed by atoms with E-state index >= 15 is 0 Å². The third-order valence-corrected chi connectivity index (χ3v) is 6.37. The van der Waals surface area contributed by atoms with Crippen LogP contribution in [-0.4, -0.2) is 18.3 Å². The van der Waals surface area contributed by atoms with Crippen LogP contribution in [0.15, 0.2) is 0 Å². The Hall–Kier alpha value is -0.0151. The molecule has 1 saturated heterocycles. The van der Waals surface area contributed by atoms with Gasteiger partial charge in [0.2, 0.25) is 0 Å². The molecular weight excluding hydrogens is 259 g/mol. The average Bonchev–Trinajstić information content (AvgIpc) is 2.66. The molecule has 2 rings (SSSR count). The summed E-state index contributed by atoms with van der Waals surface area (Å²) in [5.41, 5.74) is -0.407. The van der Waals surface area contributed by atoms with Gasteiger partial charge < -0.3 is 9.31 Å². The van der Waals surface area contributed by atoms with Gasteiger partial charge in [-0.3, -0.25) is 0 Å². The van der Waals surface area contributed by atoms with E-state index in [9.17, 15) is 0 Å². The summed E-state index contributed by atoms with van der Waals surface area (Å²) in [5.74, 6) is 0.936. The van der Waals surface area contributed by atoms with Crippen molar-refractivity contribution in [1.82, 2.24) is 0 Å².